The van der Waals surface area contributed by atoms with Crippen molar-refractivity contribution in [2.75, 3.05) is 51.4 Å². The summed E-state index contributed by atoms with van der Waals surface area (Å²) in [5.41, 5.74) is 2.52. The lowest BCUT2D eigenvalue weighted by molar-refractivity contribution is -0.00942. The number of hydrogen-bond donors (Lipinski definition) is 1. The largest absolute Gasteiger partial charge is 0.497 e. The molecule has 1 fully saturated rings. The molecule has 4 rings (SSSR count). The molecule has 1 atom stereocenters. The third kappa shape index (κ3) is 4.94. The van der Waals surface area contributed by atoms with Crippen molar-refractivity contribution in [3.8, 4) is 5.75 Å². The quantitative estimate of drug-likeness (QED) is 0.672. The number of anilines is 2. The number of likely N-dealkylation sites (tertiary alicyclic amines) is 1. The molecule has 0 aromatic heterocycles. The molecule has 2 aromatic carbocycles. The number of rotatable bonds is 8. The van der Waals surface area contributed by atoms with E-state index < -0.39 is 0 Å². The Morgan fingerprint density at radius 1 is 1.07 bits per heavy atom. The average molecular weight is 429 g/mol. The molecule has 2 heterocycles. The van der Waals surface area contributed by atoms with Gasteiger partial charge in [-0.1, -0.05) is 30.8 Å². The van der Waals surface area contributed by atoms with E-state index in [1.807, 2.05) is 17.8 Å². The molecular formula is C24H32N2O3S. The van der Waals surface area contributed by atoms with E-state index in [1.54, 1.807) is 7.11 Å². The summed E-state index contributed by atoms with van der Waals surface area (Å²) in [6.07, 6.45) is 2.40. The fraction of sp³-hybridized carbons (Fsp3) is 0.500. The molecule has 0 amide bonds. The fourth-order valence-electron chi connectivity index (χ4n) is 4.42. The average Bonchev–Trinajstić information content (AvgIpc) is 2.78. The Balaban J connectivity index is 1.44. The Labute approximate surface area is 184 Å². The predicted molar refractivity (Wildman–Crippen MR) is 122 cm³/mol. The summed E-state index contributed by atoms with van der Waals surface area (Å²) >= 11 is 1.84. The third-order valence-corrected chi connectivity index (χ3v) is 7.01. The zero-order valence-electron chi connectivity index (χ0n) is 17.9. The summed E-state index contributed by atoms with van der Waals surface area (Å²) in [4.78, 5) is 7.61. The van der Waals surface area contributed by atoms with Gasteiger partial charge in [-0.3, -0.25) is 0 Å². The summed E-state index contributed by atoms with van der Waals surface area (Å²) in [6.45, 7) is 7.10. The zero-order valence-corrected chi connectivity index (χ0v) is 18.7. The summed E-state index contributed by atoms with van der Waals surface area (Å²) in [5, 5.41) is 8.95. The van der Waals surface area contributed by atoms with Crippen LogP contribution >= 0.6 is 11.8 Å². The van der Waals surface area contributed by atoms with Crippen molar-refractivity contribution in [2.24, 2.45) is 5.92 Å². The minimum Gasteiger partial charge on any atom is -0.497 e. The van der Waals surface area contributed by atoms with Crippen LogP contribution in [0.4, 0.5) is 11.4 Å². The molecule has 2 aliphatic heterocycles. The van der Waals surface area contributed by atoms with Gasteiger partial charge in [-0.2, -0.15) is 0 Å². The van der Waals surface area contributed by atoms with E-state index in [2.05, 4.69) is 53.1 Å². The fourth-order valence-corrected chi connectivity index (χ4v) is 5.50. The Bertz CT molecular complexity index is 839. The number of methoxy groups -OCH3 is 1. The van der Waals surface area contributed by atoms with Gasteiger partial charge in [0.25, 0.3) is 0 Å². The minimum atomic E-state index is 0.110. The highest BCUT2D eigenvalue weighted by molar-refractivity contribution is 7.99. The number of aliphatic hydroxyl groups excluding tert-OH is 1. The molecule has 0 spiro atoms. The highest BCUT2D eigenvalue weighted by atomic mass is 32.2. The van der Waals surface area contributed by atoms with Gasteiger partial charge in [0, 0.05) is 42.0 Å². The standard InChI is InChI=1S/C24H32N2O3S/c1-18(16-25-11-9-19(10-12-25)29-14-13-27)17-26-21-5-3-4-6-23(21)30-24-8-7-20(28-2)15-22(24)26/h3-8,15,18-19,27H,9-14,16-17H2,1-2H3. The van der Waals surface area contributed by atoms with E-state index in [0.717, 1.165) is 44.8 Å². The van der Waals surface area contributed by atoms with E-state index in [-0.39, 0.29) is 6.61 Å². The first-order valence-electron chi connectivity index (χ1n) is 10.8. The molecule has 2 aliphatic rings. The molecule has 0 aliphatic carbocycles. The SMILES string of the molecule is COc1ccc2c(c1)N(CC(C)CN1CCC(OCCO)CC1)c1ccccc1S2. The number of ether oxygens (including phenoxy) is 2. The van der Waals surface area contributed by atoms with E-state index in [0.29, 0.717) is 18.6 Å². The molecule has 0 bridgehead atoms. The number of fused-ring (bicyclic) bond motifs is 2. The van der Waals surface area contributed by atoms with Gasteiger partial charge in [-0.05, 0) is 43.0 Å². The summed E-state index contributed by atoms with van der Waals surface area (Å²) in [6, 6.07) is 15.1. The van der Waals surface area contributed by atoms with Crippen LogP contribution in [0.15, 0.2) is 52.3 Å². The van der Waals surface area contributed by atoms with Gasteiger partial charge in [0.2, 0.25) is 0 Å². The maximum absolute atomic E-state index is 8.95. The Morgan fingerprint density at radius 3 is 2.60 bits per heavy atom. The molecule has 1 N–H and O–H groups in total. The lowest BCUT2D eigenvalue weighted by Gasteiger charge is -2.37. The van der Waals surface area contributed by atoms with E-state index in [9.17, 15) is 0 Å². The lowest BCUT2D eigenvalue weighted by atomic mass is 10.0. The second-order valence-electron chi connectivity index (χ2n) is 8.21. The van der Waals surface area contributed by atoms with Gasteiger partial charge in [0.05, 0.1) is 37.8 Å². The van der Waals surface area contributed by atoms with Crippen LogP contribution in [0.25, 0.3) is 0 Å². The smallest absolute Gasteiger partial charge is 0.121 e. The Kier molecular flexibility index (Phi) is 7.20. The molecule has 1 saturated heterocycles. The van der Waals surface area contributed by atoms with Gasteiger partial charge >= 0.3 is 0 Å². The molecule has 0 radical (unpaired) electrons. The van der Waals surface area contributed by atoms with Crippen LogP contribution < -0.4 is 9.64 Å². The molecule has 6 heteroatoms. The number of benzene rings is 2. The van der Waals surface area contributed by atoms with E-state index >= 15 is 0 Å². The first-order chi connectivity index (χ1) is 14.7. The number of aliphatic hydroxyl groups is 1. The summed E-state index contributed by atoms with van der Waals surface area (Å²) in [5.74, 6) is 1.42. The van der Waals surface area contributed by atoms with Crippen molar-refractivity contribution < 1.29 is 14.6 Å². The lowest BCUT2D eigenvalue weighted by Crippen LogP contribution is -2.41. The number of para-hydroxylation sites is 1. The van der Waals surface area contributed by atoms with Gasteiger partial charge in [0.1, 0.15) is 5.75 Å². The monoisotopic (exact) mass is 428 g/mol. The normalized spacial score (nSPS) is 18.0. The number of hydrogen-bond acceptors (Lipinski definition) is 6. The van der Waals surface area contributed by atoms with Crippen molar-refractivity contribution in [2.45, 2.75) is 35.7 Å². The van der Waals surface area contributed by atoms with Gasteiger partial charge in [-0.25, -0.2) is 0 Å². The van der Waals surface area contributed by atoms with Crippen molar-refractivity contribution in [1.82, 2.24) is 4.90 Å². The van der Waals surface area contributed by atoms with E-state index in [1.165, 1.54) is 21.2 Å². The van der Waals surface area contributed by atoms with Crippen LogP contribution in [-0.2, 0) is 4.74 Å². The topological polar surface area (TPSA) is 45.2 Å². The van der Waals surface area contributed by atoms with Crippen LogP contribution in [0.3, 0.4) is 0 Å². The third-order valence-electron chi connectivity index (χ3n) is 5.88. The molecular weight excluding hydrogens is 396 g/mol. The van der Waals surface area contributed by atoms with Crippen LogP contribution in [0.5, 0.6) is 5.75 Å². The summed E-state index contributed by atoms with van der Waals surface area (Å²) < 4.78 is 11.2. The van der Waals surface area contributed by atoms with Crippen molar-refractivity contribution in [3.05, 3.63) is 42.5 Å². The maximum Gasteiger partial charge on any atom is 0.121 e. The molecule has 30 heavy (non-hydrogen) atoms. The minimum absolute atomic E-state index is 0.110. The number of nitrogens with zero attached hydrogens (tertiary/aromatic N) is 2. The summed E-state index contributed by atoms with van der Waals surface area (Å²) in [7, 11) is 1.73. The van der Waals surface area contributed by atoms with Crippen molar-refractivity contribution >= 4 is 23.1 Å². The predicted octanol–water partition coefficient (Wildman–Crippen LogP) is 4.41. The van der Waals surface area contributed by atoms with Gasteiger partial charge in [0.15, 0.2) is 0 Å². The first kappa shape index (κ1) is 21.5. The first-order valence-corrected chi connectivity index (χ1v) is 11.7. The second-order valence-corrected chi connectivity index (χ2v) is 9.30. The van der Waals surface area contributed by atoms with Crippen LogP contribution in [0.1, 0.15) is 19.8 Å². The highest BCUT2D eigenvalue weighted by Gasteiger charge is 2.27. The van der Waals surface area contributed by atoms with Crippen molar-refractivity contribution in [3.63, 3.8) is 0 Å². The van der Waals surface area contributed by atoms with Crippen molar-refractivity contribution in [1.29, 1.82) is 0 Å². The maximum atomic E-state index is 8.95. The molecule has 1 unspecified atom stereocenters. The van der Waals surface area contributed by atoms with Gasteiger partial charge < -0.3 is 24.4 Å². The molecule has 5 nitrogen and oxygen atoms in total. The van der Waals surface area contributed by atoms with Crippen LogP contribution in [-0.4, -0.2) is 62.6 Å². The number of piperidine rings is 1. The second kappa shape index (κ2) is 10.1. The Morgan fingerprint density at radius 2 is 1.83 bits per heavy atom. The van der Waals surface area contributed by atoms with Gasteiger partial charge in [-0.15, -0.1) is 0 Å². The molecule has 2 aromatic rings. The van der Waals surface area contributed by atoms with Crippen LogP contribution in [0, 0.1) is 5.92 Å². The highest BCUT2D eigenvalue weighted by Crippen LogP contribution is 2.49. The molecule has 162 valence electrons. The van der Waals surface area contributed by atoms with Crippen LogP contribution in [0.2, 0.25) is 0 Å². The Hall–Kier alpha value is -1.73. The zero-order chi connectivity index (χ0) is 20.9. The van der Waals surface area contributed by atoms with E-state index in [4.69, 9.17) is 14.6 Å². The molecule has 0 saturated carbocycles.